The molecule has 0 saturated carbocycles. The fourth-order valence-corrected chi connectivity index (χ4v) is 2.17. The molecule has 0 aromatic carbocycles. The first kappa shape index (κ1) is 12.5. The van der Waals surface area contributed by atoms with E-state index < -0.39 is 0 Å². The van der Waals surface area contributed by atoms with Crippen LogP contribution >= 0.6 is 0 Å². The summed E-state index contributed by atoms with van der Waals surface area (Å²) in [6.45, 7) is 7.31. The number of rotatable bonds is 6. The first-order valence-corrected chi connectivity index (χ1v) is 6.27. The minimum Gasteiger partial charge on any atom is -0.326 e. The van der Waals surface area contributed by atoms with Crippen LogP contribution in [-0.4, -0.2) is 29.6 Å². The van der Waals surface area contributed by atoms with Gasteiger partial charge >= 0.3 is 0 Å². The molecule has 0 spiro atoms. The molecule has 0 radical (unpaired) electrons. The second kappa shape index (κ2) is 6.11. The van der Waals surface area contributed by atoms with Gasteiger partial charge in [0.05, 0.1) is 12.2 Å². The monoisotopic (exact) mass is 212 g/mol. The maximum absolute atomic E-state index is 12.0. The normalized spacial score (nSPS) is 26.3. The average Bonchev–Trinajstić information content (AvgIpc) is 2.46. The first-order valence-electron chi connectivity index (χ1n) is 6.27. The third-order valence-electron chi connectivity index (χ3n) is 3.07. The Labute approximate surface area is 93.2 Å². The van der Waals surface area contributed by atoms with Gasteiger partial charge in [0.1, 0.15) is 0 Å². The Balaban J connectivity index is 2.40. The smallest absolute Gasteiger partial charge is 0.241 e. The quantitative estimate of drug-likeness (QED) is 0.684. The summed E-state index contributed by atoms with van der Waals surface area (Å²) in [5.74, 6) is 0.306. The Morgan fingerprint density at radius 2 is 2.00 bits per heavy atom. The largest absolute Gasteiger partial charge is 0.326 e. The zero-order valence-electron chi connectivity index (χ0n) is 10.3. The van der Waals surface area contributed by atoms with Crippen molar-refractivity contribution in [3.8, 4) is 0 Å². The molecule has 3 nitrogen and oxygen atoms in total. The lowest BCUT2D eigenvalue weighted by molar-refractivity contribution is -0.130. The number of unbranched alkanes of at least 4 members (excludes halogenated alkanes) is 2. The van der Waals surface area contributed by atoms with Gasteiger partial charge in [-0.3, -0.25) is 10.1 Å². The van der Waals surface area contributed by atoms with Gasteiger partial charge in [0, 0.05) is 6.54 Å². The zero-order valence-corrected chi connectivity index (χ0v) is 10.3. The Morgan fingerprint density at radius 3 is 2.60 bits per heavy atom. The Morgan fingerprint density at radius 1 is 1.27 bits per heavy atom. The highest BCUT2D eigenvalue weighted by Crippen LogP contribution is 2.15. The molecule has 0 aliphatic carbocycles. The molecule has 0 aromatic rings. The van der Waals surface area contributed by atoms with Crippen molar-refractivity contribution in [2.24, 2.45) is 0 Å². The van der Waals surface area contributed by atoms with Crippen LogP contribution in [0.15, 0.2) is 0 Å². The van der Waals surface area contributed by atoms with Crippen LogP contribution in [-0.2, 0) is 4.79 Å². The van der Waals surface area contributed by atoms with Crippen LogP contribution in [0.2, 0.25) is 0 Å². The molecule has 88 valence electrons. The van der Waals surface area contributed by atoms with Crippen LogP contribution < -0.4 is 5.32 Å². The molecule has 2 atom stereocenters. The van der Waals surface area contributed by atoms with Gasteiger partial charge in [-0.2, -0.15) is 0 Å². The lowest BCUT2D eigenvalue weighted by Crippen LogP contribution is -2.35. The summed E-state index contributed by atoms with van der Waals surface area (Å²) < 4.78 is 0. The SMILES string of the molecule is CCCCCN1C(=O)C(CCC)NC1C. The van der Waals surface area contributed by atoms with Crippen LogP contribution in [0.25, 0.3) is 0 Å². The van der Waals surface area contributed by atoms with Gasteiger partial charge in [-0.05, 0) is 19.8 Å². The Bertz CT molecular complexity index is 206. The molecular weight excluding hydrogens is 188 g/mol. The minimum atomic E-state index is 0.0756. The second-order valence-corrected chi connectivity index (χ2v) is 4.42. The van der Waals surface area contributed by atoms with Gasteiger partial charge in [0.25, 0.3) is 0 Å². The number of carbonyl (C=O) groups excluding carboxylic acids is 1. The fourth-order valence-electron chi connectivity index (χ4n) is 2.17. The van der Waals surface area contributed by atoms with Crippen molar-refractivity contribution in [2.45, 2.75) is 65.1 Å². The molecule has 15 heavy (non-hydrogen) atoms. The molecule has 1 heterocycles. The van der Waals surface area contributed by atoms with E-state index in [9.17, 15) is 4.79 Å². The molecule has 1 aliphatic heterocycles. The summed E-state index contributed by atoms with van der Waals surface area (Å²) in [4.78, 5) is 14.0. The van der Waals surface area contributed by atoms with Crippen molar-refractivity contribution < 1.29 is 4.79 Å². The molecule has 3 heteroatoms. The highest BCUT2D eigenvalue weighted by atomic mass is 16.2. The van der Waals surface area contributed by atoms with Crippen LogP contribution in [0.4, 0.5) is 0 Å². The van der Waals surface area contributed by atoms with Crippen LogP contribution in [0.1, 0.15) is 52.9 Å². The average molecular weight is 212 g/mol. The van der Waals surface area contributed by atoms with Crippen molar-refractivity contribution in [1.82, 2.24) is 10.2 Å². The molecule has 1 fully saturated rings. The summed E-state index contributed by atoms with van der Waals surface area (Å²) in [7, 11) is 0. The van der Waals surface area contributed by atoms with E-state index in [1.165, 1.54) is 12.8 Å². The standard InChI is InChI=1S/C12H24N2O/c1-4-6-7-9-14-10(3)13-11(8-5-2)12(14)15/h10-11,13H,4-9H2,1-3H3. The van der Waals surface area contributed by atoms with E-state index in [1.54, 1.807) is 0 Å². The zero-order chi connectivity index (χ0) is 11.3. The molecule has 1 N–H and O–H groups in total. The van der Waals surface area contributed by atoms with E-state index in [0.717, 1.165) is 25.8 Å². The number of hydrogen-bond donors (Lipinski definition) is 1. The van der Waals surface area contributed by atoms with Crippen molar-refractivity contribution in [2.75, 3.05) is 6.54 Å². The maximum atomic E-state index is 12.0. The summed E-state index contributed by atoms with van der Waals surface area (Å²) in [5.41, 5.74) is 0. The topological polar surface area (TPSA) is 32.3 Å². The molecule has 1 amide bonds. The second-order valence-electron chi connectivity index (χ2n) is 4.42. The third-order valence-corrected chi connectivity index (χ3v) is 3.07. The van der Waals surface area contributed by atoms with Crippen LogP contribution in [0, 0.1) is 0 Å². The van der Waals surface area contributed by atoms with E-state index in [1.807, 2.05) is 4.90 Å². The van der Waals surface area contributed by atoms with Crippen molar-refractivity contribution >= 4 is 5.91 Å². The van der Waals surface area contributed by atoms with Crippen molar-refractivity contribution in [3.05, 3.63) is 0 Å². The van der Waals surface area contributed by atoms with Crippen LogP contribution in [0.3, 0.4) is 0 Å². The lowest BCUT2D eigenvalue weighted by atomic mass is 10.1. The number of carbonyl (C=O) groups is 1. The van der Waals surface area contributed by atoms with Gasteiger partial charge in [-0.25, -0.2) is 0 Å². The van der Waals surface area contributed by atoms with Crippen molar-refractivity contribution in [1.29, 1.82) is 0 Å². The molecule has 0 aromatic heterocycles. The fraction of sp³-hybridized carbons (Fsp3) is 0.917. The number of nitrogens with one attached hydrogen (secondary N) is 1. The predicted octanol–water partition coefficient (Wildman–Crippen LogP) is 2.12. The highest BCUT2D eigenvalue weighted by Gasteiger charge is 2.34. The number of nitrogens with zero attached hydrogens (tertiary/aromatic N) is 1. The van der Waals surface area contributed by atoms with Gasteiger partial charge in [-0.1, -0.05) is 33.1 Å². The van der Waals surface area contributed by atoms with E-state index in [2.05, 4.69) is 26.1 Å². The van der Waals surface area contributed by atoms with Crippen molar-refractivity contribution in [3.63, 3.8) is 0 Å². The third kappa shape index (κ3) is 3.20. The van der Waals surface area contributed by atoms with E-state index in [-0.39, 0.29) is 12.2 Å². The number of hydrogen-bond acceptors (Lipinski definition) is 2. The molecule has 0 bridgehead atoms. The van der Waals surface area contributed by atoms with Gasteiger partial charge in [-0.15, -0.1) is 0 Å². The van der Waals surface area contributed by atoms with E-state index in [4.69, 9.17) is 0 Å². The molecule has 1 saturated heterocycles. The van der Waals surface area contributed by atoms with E-state index in [0.29, 0.717) is 5.91 Å². The highest BCUT2D eigenvalue weighted by molar-refractivity contribution is 5.84. The summed E-state index contributed by atoms with van der Waals surface area (Å²) in [6, 6.07) is 0.0756. The lowest BCUT2D eigenvalue weighted by Gasteiger charge is -2.20. The molecule has 2 unspecified atom stereocenters. The maximum Gasteiger partial charge on any atom is 0.241 e. The number of amides is 1. The summed E-state index contributed by atoms with van der Waals surface area (Å²) >= 11 is 0. The summed E-state index contributed by atoms with van der Waals surface area (Å²) in [5, 5.41) is 3.36. The molecular formula is C12H24N2O. The predicted molar refractivity (Wildman–Crippen MR) is 62.5 cm³/mol. The Kier molecular flexibility index (Phi) is 5.09. The molecule has 1 rings (SSSR count). The molecule has 1 aliphatic rings. The van der Waals surface area contributed by atoms with Gasteiger partial charge in [0.15, 0.2) is 0 Å². The van der Waals surface area contributed by atoms with E-state index >= 15 is 0 Å². The summed E-state index contributed by atoms with van der Waals surface area (Å²) in [6.07, 6.45) is 5.82. The van der Waals surface area contributed by atoms with Gasteiger partial charge in [0.2, 0.25) is 5.91 Å². The van der Waals surface area contributed by atoms with Gasteiger partial charge < -0.3 is 4.90 Å². The first-order chi connectivity index (χ1) is 7.20. The minimum absolute atomic E-state index is 0.0756. The van der Waals surface area contributed by atoms with Crippen LogP contribution in [0.5, 0.6) is 0 Å². The Hall–Kier alpha value is -0.570.